The molecule has 0 aromatic heterocycles. The summed E-state index contributed by atoms with van der Waals surface area (Å²) in [4.78, 5) is 25.1. The smallest absolute Gasteiger partial charge is 0.269 e. The molecule has 1 amide bonds. The number of piperidine rings is 1. The van der Waals surface area contributed by atoms with Crippen molar-refractivity contribution in [3.63, 3.8) is 0 Å². The number of hydrogen-bond donors (Lipinski definition) is 0. The lowest BCUT2D eigenvalue weighted by Crippen LogP contribution is -2.43. The maximum atomic E-state index is 13.1. The zero-order valence-electron chi connectivity index (χ0n) is 18.2. The Labute approximate surface area is 191 Å². The average Bonchev–Trinajstić information content (AvgIpc) is 2.83. The van der Waals surface area contributed by atoms with Crippen LogP contribution >= 0.6 is 0 Å². The highest BCUT2D eigenvalue weighted by molar-refractivity contribution is 7.89. The Morgan fingerprint density at radius 2 is 1.82 bits per heavy atom. The van der Waals surface area contributed by atoms with E-state index < -0.39 is 14.9 Å². The second-order valence-corrected chi connectivity index (χ2v) is 10.0. The summed E-state index contributed by atoms with van der Waals surface area (Å²) >= 11 is 0. The van der Waals surface area contributed by atoms with Gasteiger partial charge in [0.1, 0.15) is 13.2 Å². The molecule has 0 spiro atoms. The molecule has 0 N–H and O–H groups in total. The maximum Gasteiger partial charge on any atom is 0.269 e. The Morgan fingerprint density at radius 1 is 1.12 bits per heavy atom. The van der Waals surface area contributed by atoms with Gasteiger partial charge < -0.3 is 14.4 Å². The predicted molar refractivity (Wildman–Crippen MR) is 118 cm³/mol. The topological polar surface area (TPSA) is 119 Å². The standard InChI is InChI=1S/C22H25N3O7S/c1-23(15-16-3-2-4-18(13-16)25(27)28)22(26)17-7-9-24(10-8-17)33(29,30)19-5-6-20-21(14-19)32-12-11-31-20/h2-6,13-14,17H,7-12,15H2,1H3. The number of nitro benzene ring substituents is 1. The number of nitro groups is 1. The van der Waals surface area contributed by atoms with E-state index in [0.29, 0.717) is 43.1 Å². The summed E-state index contributed by atoms with van der Waals surface area (Å²) < 4.78 is 38.5. The molecule has 1 fully saturated rings. The number of benzene rings is 2. The Bertz CT molecular complexity index is 1160. The summed E-state index contributed by atoms with van der Waals surface area (Å²) in [6, 6.07) is 10.8. The molecule has 2 aromatic carbocycles. The van der Waals surface area contributed by atoms with Crippen molar-refractivity contribution in [1.29, 1.82) is 0 Å². The van der Waals surface area contributed by atoms with Crippen molar-refractivity contribution in [1.82, 2.24) is 9.21 Å². The lowest BCUT2D eigenvalue weighted by Gasteiger charge is -2.32. The van der Waals surface area contributed by atoms with Gasteiger partial charge in [-0.1, -0.05) is 12.1 Å². The highest BCUT2D eigenvalue weighted by Gasteiger charge is 2.34. The monoisotopic (exact) mass is 475 g/mol. The van der Waals surface area contributed by atoms with Crippen molar-refractivity contribution in [2.45, 2.75) is 24.3 Å². The molecule has 2 aromatic rings. The molecule has 10 nitrogen and oxygen atoms in total. The van der Waals surface area contributed by atoms with Crippen molar-refractivity contribution in [3.05, 3.63) is 58.1 Å². The fraction of sp³-hybridized carbons (Fsp3) is 0.409. The van der Waals surface area contributed by atoms with Crippen LogP contribution in [0.2, 0.25) is 0 Å². The molecule has 2 aliphatic heterocycles. The zero-order valence-corrected chi connectivity index (χ0v) is 19.0. The van der Waals surface area contributed by atoms with Crippen LogP contribution in [0.15, 0.2) is 47.4 Å². The molecule has 11 heteroatoms. The maximum absolute atomic E-state index is 13.1. The number of sulfonamides is 1. The quantitative estimate of drug-likeness (QED) is 0.465. The van der Waals surface area contributed by atoms with Crippen LogP contribution in [-0.4, -0.2) is 61.8 Å². The van der Waals surface area contributed by atoms with E-state index >= 15 is 0 Å². The van der Waals surface area contributed by atoms with Gasteiger partial charge in [-0.3, -0.25) is 14.9 Å². The number of carbonyl (C=O) groups excluding carboxylic acids is 1. The van der Waals surface area contributed by atoms with Gasteiger partial charge in [-0.2, -0.15) is 4.31 Å². The second kappa shape index (κ2) is 9.36. The first-order chi connectivity index (χ1) is 15.8. The van der Waals surface area contributed by atoms with Crippen LogP contribution in [0.5, 0.6) is 11.5 Å². The van der Waals surface area contributed by atoms with E-state index in [2.05, 4.69) is 0 Å². The molecular weight excluding hydrogens is 450 g/mol. The van der Waals surface area contributed by atoms with Crippen LogP contribution < -0.4 is 9.47 Å². The van der Waals surface area contributed by atoms with Gasteiger partial charge in [0.05, 0.1) is 9.82 Å². The molecule has 0 saturated carbocycles. The lowest BCUT2D eigenvalue weighted by atomic mass is 9.96. The van der Waals surface area contributed by atoms with Crippen molar-refractivity contribution < 1.29 is 27.6 Å². The normalized spacial score (nSPS) is 16.9. The Hall–Kier alpha value is -3.18. The van der Waals surface area contributed by atoms with Gasteiger partial charge in [-0.15, -0.1) is 0 Å². The van der Waals surface area contributed by atoms with Gasteiger partial charge in [0.25, 0.3) is 5.69 Å². The molecule has 0 radical (unpaired) electrons. The van der Waals surface area contributed by atoms with Crippen LogP contribution in [0.3, 0.4) is 0 Å². The third-order valence-electron chi connectivity index (χ3n) is 5.87. The second-order valence-electron chi connectivity index (χ2n) is 8.11. The molecule has 0 bridgehead atoms. The summed E-state index contributed by atoms with van der Waals surface area (Å²) in [5.41, 5.74) is 0.643. The van der Waals surface area contributed by atoms with Crippen LogP contribution in [-0.2, 0) is 21.4 Å². The van der Waals surface area contributed by atoms with E-state index in [1.807, 2.05) is 0 Å². The van der Waals surface area contributed by atoms with Gasteiger partial charge >= 0.3 is 0 Å². The molecule has 2 aliphatic rings. The number of non-ortho nitro benzene ring substituents is 1. The van der Waals surface area contributed by atoms with Crippen LogP contribution in [0.25, 0.3) is 0 Å². The largest absolute Gasteiger partial charge is 0.486 e. The average molecular weight is 476 g/mol. The van der Waals surface area contributed by atoms with Gasteiger partial charge in [-0.25, -0.2) is 8.42 Å². The number of rotatable bonds is 6. The molecule has 2 heterocycles. The van der Waals surface area contributed by atoms with Gasteiger partial charge in [-0.05, 0) is 30.5 Å². The molecule has 0 unspecified atom stereocenters. The van der Waals surface area contributed by atoms with Gasteiger partial charge in [0.2, 0.25) is 15.9 Å². The van der Waals surface area contributed by atoms with Crippen molar-refractivity contribution in [2.24, 2.45) is 5.92 Å². The molecule has 0 aliphatic carbocycles. The number of hydrogen-bond acceptors (Lipinski definition) is 7. The van der Waals surface area contributed by atoms with E-state index in [-0.39, 0.29) is 42.0 Å². The van der Waals surface area contributed by atoms with Crippen molar-refractivity contribution in [2.75, 3.05) is 33.4 Å². The van der Waals surface area contributed by atoms with Crippen LogP contribution in [0.4, 0.5) is 5.69 Å². The van der Waals surface area contributed by atoms with E-state index in [0.717, 1.165) is 0 Å². The first-order valence-electron chi connectivity index (χ1n) is 10.6. The summed E-state index contributed by atoms with van der Waals surface area (Å²) in [5.74, 6) is 0.532. The van der Waals surface area contributed by atoms with E-state index in [9.17, 15) is 23.3 Å². The minimum Gasteiger partial charge on any atom is -0.486 e. The molecular formula is C22H25N3O7S. The van der Waals surface area contributed by atoms with Crippen LogP contribution in [0, 0.1) is 16.0 Å². The first-order valence-corrected chi connectivity index (χ1v) is 12.1. The van der Waals surface area contributed by atoms with Crippen molar-refractivity contribution >= 4 is 21.6 Å². The fourth-order valence-electron chi connectivity index (χ4n) is 4.11. The third kappa shape index (κ3) is 4.93. The highest BCUT2D eigenvalue weighted by Crippen LogP contribution is 2.34. The van der Waals surface area contributed by atoms with E-state index in [1.54, 1.807) is 25.2 Å². The first kappa shape index (κ1) is 23.0. The molecule has 33 heavy (non-hydrogen) atoms. The minimum absolute atomic E-state index is 0.0222. The number of nitrogens with zero attached hydrogens (tertiary/aromatic N) is 3. The summed E-state index contributed by atoms with van der Waals surface area (Å²) in [6.45, 7) is 1.51. The van der Waals surface area contributed by atoms with E-state index in [1.165, 1.54) is 33.5 Å². The van der Waals surface area contributed by atoms with Crippen LogP contribution in [0.1, 0.15) is 18.4 Å². The predicted octanol–water partition coefficient (Wildman–Crippen LogP) is 2.43. The molecule has 0 atom stereocenters. The minimum atomic E-state index is -3.72. The Kier molecular flexibility index (Phi) is 6.52. The summed E-state index contributed by atoms with van der Waals surface area (Å²) in [5, 5.41) is 11.0. The zero-order chi connectivity index (χ0) is 23.6. The SMILES string of the molecule is CN(Cc1cccc([N+](=O)[O-])c1)C(=O)C1CCN(S(=O)(=O)c2ccc3c(c2)OCCO3)CC1. The number of carbonyl (C=O) groups is 1. The summed E-state index contributed by atoms with van der Waals surface area (Å²) in [6.07, 6.45) is 0.809. The molecule has 176 valence electrons. The number of amides is 1. The Morgan fingerprint density at radius 3 is 2.52 bits per heavy atom. The summed E-state index contributed by atoms with van der Waals surface area (Å²) in [7, 11) is -2.07. The van der Waals surface area contributed by atoms with E-state index in [4.69, 9.17) is 9.47 Å². The molecule has 1 saturated heterocycles. The lowest BCUT2D eigenvalue weighted by molar-refractivity contribution is -0.384. The number of fused-ring (bicyclic) bond motifs is 1. The third-order valence-corrected chi connectivity index (χ3v) is 7.77. The van der Waals surface area contributed by atoms with Gasteiger partial charge in [0.15, 0.2) is 11.5 Å². The highest BCUT2D eigenvalue weighted by atomic mass is 32.2. The molecule has 4 rings (SSSR count). The van der Waals surface area contributed by atoms with Crippen molar-refractivity contribution in [3.8, 4) is 11.5 Å². The number of ether oxygens (including phenoxy) is 2. The fourth-order valence-corrected chi connectivity index (χ4v) is 5.59. The van der Waals surface area contributed by atoms with Gasteiger partial charge in [0, 0.05) is 50.8 Å². The Balaban J connectivity index is 1.37.